The minimum absolute atomic E-state index is 0.696. The lowest BCUT2D eigenvalue weighted by atomic mass is 10.0. The third-order valence-electron chi connectivity index (χ3n) is 6.41. The topological polar surface area (TPSA) is 54.2 Å². The number of rotatable bonds is 8. The number of allylic oxidation sites excluding steroid dienone is 4. The van der Waals surface area contributed by atoms with Gasteiger partial charge in [0.2, 0.25) is 0 Å². The summed E-state index contributed by atoms with van der Waals surface area (Å²) in [5.74, 6) is 0. The number of hydrogen-bond donors (Lipinski definition) is 2. The molecule has 1 aliphatic heterocycles. The summed E-state index contributed by atoms with van der Waals surface area (Å²) in [6.45, 7) is 10.5. The van der Waals surface area contributed by atoms with Crippen LogP contribution in [0.5, 0.6) is 0 Å². The Balaban J connectivity index is 0.00000167. The van der Waals surface area contributed by atoms with Gasteiger partial charge < -0.3 is 16.0 Å². The summed E-state index contributed by atoms with van der Waals surface area (Å²) in [7, 11) is 0. The number of benzene rings is 1. The molecule has 182 valence electrons. The smallest absolute Gasteiger partial charge is 0.110 e. The van der Waals surface area contributed by atoms with E-state index in [0.717, 1.165) is 60.7 Å². The normalized spacial score (nSPS) is 15.7. The maximum absolute atomic E-state index is 6.48. The Kier molecular flexibility index (Phi) is 9.38. The number of anilines is 1. The Morgan fingerprint density at radius 1 is 1.14 bits per heavy atom. The van der Waals surface area contributed by atoms with Crippen molar-refractivity contribution in [1.29, 1.82) is 0 Å². The van der Waals surface area contributed by atoms with Crippen molar-refractivity contribution in [2.45, 2.75) is 52.4 Å². The second-order valence-corrected chi connectivity index (χ2v) is 8.84. The number of likely N-dealkylation sites (tertiary alicyclic amines) is 1. The van der Waals surface area contributed by atoms with E-state index in [1.165, 1.54) is 36.1 Å². The molecule has 0 atom stereocenters. The summed E-state index contributed by atoms with van der Waals surface area (Å²) in [4.78, 5) is 7.52. The van der Waals surface area contributed by atoms with Crippen LogP contribution in [0, 0.1) is 12.8 Å². The van der Waals surface area contributed by atoms with E-state index in [1.807, 2.05) is 18.2 Å². The Labute approximate surface area is 211 Å². The standard InChI is InChI=1S/C29H36N4.C2H2/c1-4-11-27(33-18-8-7-9-19-33)25(6-3)31-28(22-14-15-22)29-24(30)16-17-26(32-29)23-13-10-12-21(5-2)20-23;1-2/h4,6,10-13,16-17,20,31H,3,5,7-9,14-15,18-19,30H2,1-2H3;1-2H/b11-4-,27-25-;. The van der Waals surface area contributed by atoms with E-state index < -0.39 is 0 Å². The molecule has 0 bridgehead atoms. The zero-order valence-corrected chi connectivity index (χ0v) is 21.2. The second kappa shape index (κ2) is 12.7. The molecular weight excluding hydrogens is 428 g/mol. The molecular formula is C31H38N4. The van der Waals surface area contributed by atoms with Crippen molar-refractivity contribution in [3.05, 3.63) is 89.4 Å². The summed E-state index contributed by atoms with van der Waals surface area (Å²) < 4.78 is 0. The lowest BCUT2D eigenvalue weighted by Gasteiger charge is -2.31. The predicted octanol–water partition coefficient (Wildman–Crippen LogP) is 6.70. The molecule has 2 heterocycles. The second-order valence-electron chi connectivity index (χ2n) is 8.84. The molecule has 1 saturated carbocycles. The Morgan fingerprint density at radius 3 is 2.51 bits per heavy atom. The van der Waals surface area contributed by atoms with Crippen LogP contribution in [0.2, 0.25) is 0 Å². The number of nitrogens with two attached hydrogens (primary N) is 1. The predicted molar refractivity (Wildman–Crippen MR) is 150 cm³/mol. The van der Waals surface area contributed by atoms with Gasteiger partial charge in [0.25, 0.3) is 0 Å². The van der Waals surface area contributed by atoms with E-state index in [0.29, 0.717) is 5.69 Å². The molecule has 2 aliphatic rings. The first kappa shape index (κ1) is 25.9. The van der Waals surface area contributed by atoms with Crippen molar-refractivity contribution >= 4 is 11.4 Å². The van der Waals surface area contributed by atoms with Crippen LogP contribution >= 0.6 is 0 Å². The number of hydrogen-bond acceptors (Lipinski definition) is 4. The average Bonchev–Trinajstić information content (AvgIpc) is 3.76. The lowest BCUT2D eigenvalue weighted by Crippen LogP contribution is -2.31. The molecule has 1 saturated heterocycles. The van der Waals surface area contributed by atoms with Crippen molar-refractivity contribution in [1.82, 2.24) is 15.2 Å². The zero-order valence-electron chi connectivity index (χ0n) is 21.2. The lowest BCUT2D eigenvalue weighted by molar-refractivity contribution is 0.290. The van der Waals surface area contributed by atoms with E-state index >= 15 is 0 Å². The highest BCUT2D eigenvalue weighted by Gasteiger charge is 2.24. The molecule has 2 aromatic rings. The first-order valence-electron chi connectivity index (χ1n) is 12.6. The van der Waals surface area contributed by atoms with Crippen molar-refractivity contribution in [2.24, 2.45) is 0 Å². The molecule has 0 amide bonds. The molecule has 35 heavy (non-hydrogen) atoms. The highest BCUT2D eigenvalue weighted by Crippen LogP contribution is 2.38. The third kappa shape index (κ3) is 6.45. The van der Waals surface area contributed by atoms with Crippen molar-refractivity contribution < 1.29 is 0 Å². The van der Waals surface area contributed by atoms with Crippen LogP contribution in [0.15, 0.2) is 78.2 Å². The fourth-order valence-electron chi connectivity index (χ4n) is 4.42. The summed E-state index contributed by atoms with van der Waals surface area (Å²) in [5, 5.41) is 3.71. The number of terminal acetylenes is 1. The summed E-state index contributed by atoms with van der Waals surface area (Å²) in [6.07, 6.45) is 21.1. The van der Waals surface area contributed by atoms with Gasteiger partial charge in [-0.25, -0.2) is 4.98 Å². The summed E-state index contributed by atoms with van der Waals surface area (Å²) >= 11 is 0. The molecule has 0 radical (unpaired) electrons. The largest absolute Gasteiger partial charge is 0.397 e. The maximum atomic E-state index is 6.48. The van der Waals surface area contributed by atoms with Gasteiger partial charge in [-0.05, 0) is 86.9 Å². The number of pyridine rings is 1. The van der Waals surface area contributed by atoms with Crippen LogP contribution in [0.1, 0.15) is 57.2 Å². The van der Waals surface area contributed by atoms with Crippen LogP contribution in [0.4, 0.5) is 5.69 Å². The van der Waals surface area contributed by atoms with Gasteiger partial charge in [0.05, 0.1) is 28.5 Å². The Morgan fingerprint density at radius 2 is 1.89 bits per heavy atom. The molecule has 1 aromatic carbocycles. The van der Waals surface area contributed by atoms with Gasteiger partial charge in [-0.3, -0.25) is 0 Å². The van der Waals surface area contributed by atoms with Crippen LogP contribution in [-0.4, -0.2) is 23.0 Å². The van der Waals surface area contributed by atoms with Crippen molar-refractivity contribution in [2.75, 3.05) is 18.8 Å². The highest BCUT2D eigenvalue weighted by atomic mass is 15.2. The van der Waals surface area contributed by atoms with Gasteiger partial charge in [0, 0.05) is 18.7 Å². The molecule has 1 aromatic heterocycles. The number of nitrogen functional groups attached to an aromatic ring is 1. The van der Waals surface area contributed by atoms with E-state index in [4.69, 9.17) is 10.7 Å². The van der Waals surface area contributed by atoms with Gasteiger partial charge in [0.1, 0.15) is 5.69 Å². The fraction of sp³-hybridized carbons (Fsp3) is 0.323. The molecule has 0 unspecified atom stereocenters. The number of aromatic nitrogens is 1. The van der Waals surface area contributed by atoms with Gasteiger partial charge in [-0.2, -0.15) is 0 Å². The summed E-state index contributed by atoms with van der Waals surface area (Å²) in [5.41, 5.74) is 16.0. The van der Waals surface area contributed by atoms with Crippen molar-refractivity contribution in [3.63, 3.8) is 0 Å². The minimum Gasteiger partial charge on any atom is -0.397 e. The first-order chi connectivity index (χ1) is 17.1. The third-order valence-corrected chi connectivity index (χ3v) is 6.41. The SMILES string of the molecule is C#C.C=C/C(NC(=C1CC1)c1nc(-c2cccc(CC)c2)ccc1N)=C(\C=C/C)N1CCCCC1. The van der Waals surface area contributed by atoms with Gasteiger partial charge in [-0.15, -0.1) is 12.8 Å². The molecule has 4 heteroatoms. The van der Waals surface area contributed by atoms with Crippen molar-refractivity contribution in [3.8, 4) is 24.1 Å². The van der Waals surface area contributed by atoms with Gasteiger partial charge in [0.15, 0.2) is 0 Å². The van der Waals surface area contributed by atoms with Crippen LogP contribution in [0.3, 0.4) is 0 Å². The number of nitrogens with zero attached hydrogens (tertiary/aromatic N) is 2. The van der Waals surface area contributed by atoms with Gasteiger partial charge >= 0.3 is 0 Å². The molecule has 4 rings (SSSR count). The number of aryl methyl sites for hydroxylation is 1. The molecule has 1 aliphatic carbocycles. The molecule has 3 N–H and O–H groups in total. The van der Waals surface area contributed by atoms with Crippen LogP contribution < -0.4 is 11.1 Å². The average molecular weight is 467 g/mol. The maximum Gasteiger partial charge on any atom is 0.110 e. The minimum atomic E-state index is 0.696. The van der Waals surface area contributed by atoms with E-state index in [2.05, 4.69) is 79.9 Å². The molecule has 2 fully saturated rings. The Bertz CT molecular complexity index is 1140. The molecule has 0 spiro atoms. The van der Waals surface area contributed by atoms with E-state index in [1.54, 1.807) is 0 Å². The quantitative estimate of drug-likeness (QED) is 0.336. The highest BCUT2D eigenvalue weighted by molar-refractivity contribution is 5.78. The Hall–Kier alpha value is -3.71. The fourth-order valence-corrected chi connectivity index (χ4v) is 4.42. The van der Waals surface area contributed by atoms with Crippen LogP contribution in [-0.2, 0) is 6.42 Å². The number of nitrogens with one attached hydrogen (secondary N) is 1. The van der Waals surface area contributed by atoms with E-state index in [-0.39, 0.29) is 0 Å². The van der Waals surface area contributed by atoms with E-state index in [9.17, 15) is 0 Å². The molecule has 4 nitrogen and oxygen atoms in total. The first-order valence-corrected chi connectivity index (χ1v) is 12.6. The summed E-state index contributed by atoms with van der Waals surface area (Å²) in [6, 6.07) is 12.6. The van der Waals surface area contributed by atoms with Crippen LogP contribution in [0.25, 0.3) is 17.0 Å². The number of piperidine rings is 1. The zero-order chi connectivity index (χ0) is 25.2. The monoisotopic (exact) mass is 466 g/mol. The van der Waals surface area contributed by atoms with Gasteiger partial charge in [-0.1, -0.05) is 37.8 Å².